The van der Waals surface area contributed by atoms with Crippen molar-refractivity contribution in [2.75, 3.05) is 7.11 Å². The maximum atomic E-state index is 11.1. The zero-order valence-electron chi connectivity index (χ0n) is 8.51. The van der Waals surface area contributed by atoms with Gasteiger partial charge in [-0.05, 0) is 12.1 Å². The number of aromatic nitrogens is 1. The van der Waals surface area contributed by atoms with Crippen LogP contribution in [0.4, 0.5) is 0 Å². The van der Waals surface area contributed by atoms with Crippen molar-refractivity contribution >= 4 is 5.97 Å². The van der Waals surface area contributed by atoms with Gasteiger partial charge in [-0.3, -0.25) is 0 Å². The van der Waals surface area contributed by atoms with E-state index in [2.05, 4.69) is 9.72 Å². The Kier molecular flexibility index (Phi) is 2.59. The molecule has 1 aromatic heterocycles. The molecule has 0 saturated carbocycles. The minimum absolute atomic E-state index is 0.0424. The second-order valence-electron chi connectivity index (χ2n) is 3.05. The summed E-state index contributed by atoms with van der Waals surface area (Å²) < 4.78 is 9.57. The number of phenolic OH excluding ortho intramolecular Hbond substituents is 1. The summed E-state index contributed by atoms with van der Waals surface area (Å²) in [6.45, 7) is 0. The Morgan fingerprint density at radius 2 is 2.19 bits per heavy atom. The van der Waals surface area contributed by atoms with Gasteiger partial charge in [0.1, 0.15) is 12.0 Å². The van der Waals surface area contributed by atoms with Gasteiger partial charge >= 0.3 is 5.97 Å². The lowest BCUT2D eigenvalue weighted by molar-refractivity contribution is 0.0594. The monoisotopic (exact) mass is 219 g/mol. The molecule has 2 aromatic rings. The van der Waals surface area contributed by atoms with Gasteiger partial charge in [0.25, 0.3) is 0 Å². The van der Waals surface area contributed by atoms with Crippen molar-refractivity contribution in [1.82, 2.24) is 4.98 Å². The van der Waals surface area contributed by atoms with Gasteiger partial charge in [0.2, 0.25) is 5.89 Å². The van der Waals surface area contributed by atoms with Crippen LogP contribution in [0.25, 0.3) is 11.5 Å². The number of hydrogen-bond donors (Lipinski definition) is 1. The molecule has 5 nitrogen and oxygen atoms in total. The Balaban J connectivity index is 2.39. The molecule has 0 aliphatic rings. The van der Waals surface area contributed by atoms with Gasteiger partial charge in [-0.1, -0.05) is 12.1 Å². The zero-order valence-corrected chi connectivity index (χ0v) is 8.51. The Morgan fingerprint density at radius 3 is 2.88 bits per heavy atom. The lowest BCUT2D eigenvalue weighted by Gasteiger charge is -1.97. The number of para-hydroxylation sites is 1. The molecule has 0 unspecified atom stereocenters. The molecule has 0 atom stereocenters. The van der Waals surface area contributed by atoms with Crippen LogP contribution in [0.5, 0.6) is 5.75 Å². The van der Waals surface area contributed by atoms with Crippen molar-refractivity contribution in [2.24, 2.45) is 0 Å². The molecule has 0 bridgehead atoms. The maximum absolute atomic E-state index is 11.1. The fourth-order valence-corrected chi connectivity index (χ4v) is 1.25. The van der Waals surface area contributed by atoms with E-state index < -0.39 is 5.97 Å². The molecule has 5 heteroatoms. The second kappa shape index (κ2) is 4.06. The molecule has 0 aliphatic carbocycles. The molecule has 0 fully saturated rings. The van der Waals surface area contributed by atoms with E-state index >= 15 is 0 Å². The summed E-state index contributed by atoms with van der Waals surface area (Å²) in [6, 6.07) is 6.57. The number of carbonyl (C=O) groups is 1. The highest BCUT2D eigenvalue weighted by molar-refractivity contribution is 5.87. The lowest BCUT2D eigenvalue weighted by Crippen LogP contribution is -2.00. The summed E-state index contributed by atoms with van der Waals surface area (Å²) in [5.74, 6) is -0.357. The largest absolute Gasteiger partial charge is 0.507 e. The van der Waals surface area contributed by atoms with E-state index in [9.17, 15) is 9.90 Å². The third kappa shape index (κ3) is 1.75. The van der Waals surface area contributed by atoms with Gasteiger partial charge in [-0.2, -0.15) is 0 Å². The smallest absolute Gasteiger partial charge is 0.360 e. The van der Waals surface area contributed by atoms with Crippen LogP contribution in [0.1, 0.15) is 10.5 Å². The molecular formula is C11H9NO4. The number of benzene rings is 1. The first-order valence-corrected chi connectivity index (χ1v) is 4.54. The molecule has 0 aliphatic heterocycles. The Morgan fingerprint density at radius 1 is 1.44 bits per heavy atom. The maximum Gasteiger partial charge on any atom is 0.360 e. The SMILES string of the molecule is COC(=O)c1coc(-c2ccccc2O)n1. The highest BCUT2D eigenvalue weighted by Crippen LogP contribution is 2.27. The van der Waals surface area contributed by atoms with E-state index in [0.717, 1.165) is 0 Å². The average molecular weight is 219 g/mol. The van der Waals surface area contributed by atoms with Crippen LogP contribution in [-0.4, -0.2) is 23.2 Å². The van der Waals surface area contributed by atoms with Gasteiger partial charge in [0.15, 0.2) is 5.69 Å². The van der Waals surface area contributed by atoms with Crippen LogP contribution < -0.4 is 0 Å². The van der Waals surface area contributed by atoms with Gasteiger partial charge in [0, 0.05) is 0 Å². The Bertz CT molecular complexity index is 518. The summed E-state index contributed by atoms with van der Waals surface area (Å²) in [5, 5.41) is 9.55. The van der Waals surface area contributed by atoms with Crippen LogP contribution in [0.2, 0.25) is 0 Å². The Hall–Kier alpha value is -2.30. The molecule has 1 aromatic carbocycles. The second-order valence-corrected chi connectivity index (χ2v) is 3.05. The van der Waals surface area contributed by atoms with Crippen LogP contribution in [0.15, 0.2) is 34.9 Å². The fourth-order valence-electron chi connectivity index (χ4n) is 1.25. The van der Waals surface area contributed by atoms with Crippen LogP contribution >= 0.6 is 0 Å². The van der Waals surface area contributed by atoms with Crippen molar-refractivity contribution in [3.05, 3.63) is 36.2 Å². The number of rotatable bonds is 2. The Labute approximate surface area is 91.3 Å². The van der Waals surface area contributed by atoms with Gasteiger partial charge in [0.05, 0.1) is 12.7 Å². The van der Waals surface area contributed by atoms with Crippen LogP contribution in [0.3, 0.4) is 0 Å². The number of phenols is 1. The van der Waals surface area contributed by atoms with E-state index in [1.54, 1.807) is 18.2 Å². The number of oxazole rings is 1. The summed E-state index contributed by atoms with van der Waals surface area (Å²) >= 11 is 0. The summed E-state index contributed by atoms with van der Waals surface area (Å²) in [6.07, 6.45) is 1.19. The van der Waals surface area contributed by atoms with E-state index in [0.29, 0.717) is 5.56 Å². The molecule has 16 heavy (non-hydrogen) atoms. The number of methoxy groups -OCH3 is 1. The van der Waals surface area contributed by atoms with E-state index in [-0.39, 0.29) is 17.3 Å². The standard InChI is InChI=1S/C11H9NO4/c1-15-11(14)8-6-16-10(12-8)7-4-2-3-5-9(7)13/h2-6,13H,1H3. The van der Waals surface area contributed by atoms with Crippen molar-refractivity contribution in [3.63, 3.8) is 0 Å². The highest BCUT2D eigenvalue weighted by Gasteiger charge is 2.15. The molecule has 0 amide bonds. The highest BCUT2D eigenvalue weighted by atomic mass is 16.5. The van der Waals surface area contributed by atoms with Crippen molar-refractivity contribution in [3.8, 4) is 17.2 Å². The molecule has 0 radical (unpaired) electrons. The summed E-state index contributed by atoms with van der Waals surface area (Å²) in [4.78, 5) is 15.0. The predicted octanol–water partition coefficient (Wildman–Crippen LogP) is 1.83. The molecule has 0 saturated heterocycles. The van der Waals surface area contributed by atoms with E-state index in [4.69, 9.17) is 4.42 Å². The number of carbonyl (C=O) groups excluding carboxylic acids is 1. The summed E-state index contributed by atoms with van der Waals surface area (Å²) in [5.41, 5.74) is 0.499. The minimum atomic E-state index is -0.578. The van der Waals surface area contributed by atoms with E-state index in [1.165, 1.54) is 19.4 Å². The van der Waals surface area contributed by atoms with Crippen LogP contribution in [0, 0.1) is 0 Å². The first-order valence-electron chi connectivity index (χ1n) is 4.54. The van der Waals surface area contributed by atoms with Crippen molar-refractivity contribution in [1.29, 1.82) is 0 Å². The number of nitrogens with zero attached hydrogens (tertiary/aromatic N) is 1. The number of aromatic hydroxyl groups is 1. The zero-order chi connectivity index (χ0) is 11.5. The summed E-state index contributed by atoms with van der Waals surface area (Å²) in [7, 11) is 1.26. The van der Waals surface area contributed by atoms with Gasteiger partial charge < -0.3 is 14.3 Å². The first kappa shape index (κ1) is 10.2. The molecule has 82 valence electrons. The number of ether oxygens (including phenoxy) is 1. The quantitative estimate of drug-likeness (QED) is 0.780. The van der Waals surface area contributed by atoms with E-state index in [1.807, 2.05) is 0 Å². The average Bonchev–Trinajstić information content (AvgIpc) is 2.78. The van der Waals surface area contributed by atoms with Gasteiger partial charge in [-0.25, -0.2) is 9.78 Å². The third-order valence-electron chi connectivity index (χ3n) is 2.03. The third-order valence-corrected chi connectivity index (χ3v) is 2.03. The topological polar surface area (TPSA) is 72.6 Å². The normalized spacial score (nSPS) is 10.1. The molecule has 2 rings (SSSR count). The first-order chi connectivity index (χ1) is 7.72. The number of esters is 1. The molecule has 0 spiro atoms. The molecular weight excluding hydrogens is 210 g/mol. The van der Waals surface area contributed by atoms with Crippen molar-refractivity contribution < 1.29 is 19.1 Å². The predicted molar refractivity (Wildman–Crippen MR) is 54.9 cm³/mol. The molecule has 1 N–H and O–H groups in total. The van der Waals surface area contributed by atoms with Crippen molar-refractivity contribution in [2.45, 2.75) is 0 Å². The minimum Gasteiger partial charge on any atom is -0.507 e. The van der Waals surface area contributed by atoms with Gasteiger partial charge in [-0.15, -0.1) is 0 Å². The lowest BCUT2D eigenvalue weighted by atomic mass is 10.2. The number of hydrogen-bond acceptors (Lipinski definition) is 5. The van der Waals surface area contributed by atoms with Crippen LogP contribution in [-0.2, 0) is 4.74 Å². The fraction of sp³-hybridized carbons (Fsp3) is 0.0909. The molecule has 1 heterocycles.